The summed E-state index contributed by atoms with van der Waals surface area (Å²) in [5.74, 6) is 0. The summed E-state index contributed by atoms with van der Waals surface area (Å²) in [6, 6.07) is 7.31. The maximum atomic E-state index is 9.03. The number of rotatable bonds is 3. The average Bonchev–Trinajstić information content (AvgIpc) is 2.46. The Morgan fingerprint density at radius 1 is 1.33 bits per heavy atom. The van der Waals surface area contributed by atoms with E-state index in [0.717, 1.165) is 5.69 Å². The molecular weight excluding hydrogens is 234 g/mol. The molecular formula is C12H16N3O3+. The van der Waals surface area contributed by atoms with Crippen molar-refractivity contribution in [3.63, 3.8) is 0 Å². The molecule has 2 atom stereocenters. The number of diazo groups is 1. The monoisotopic (exact) mass is 250 g/mol. The van der Waals surface area contributed by atoms with Crippen LogP contribution < -0.4 is 4.90 Å². The predicted octanol–water partition coefficient (Wildman–Crippen LogP) is 1.95. The Kier molecular flexibility index (Phi) is 4.10. The van der Waals surface area contributed by atoms with E-state index < -0.39 is 0 Å². The minimum absolute atomic E-state index is 0.223. The van der Waals surface area contributed by atoms with Gasteiger partial charge in [-0.05, 0) is 6.07 Å². The molecule has 0 saturated carbocycles. The van der Waals surface area contributed by atoms with Crippen LogP contribution in [0.15, 0.2) is 24.3 Å². The molecule has 6 nitrogen and oxygen atoms in total. The fourth-order valence-electron chi connectivity index (χ4n) is 1.99. The van der Waals surface area contributed by atoms with E-state index in [1.54, 1.807) is 20.3 Å². The molecule has 0 spiro atoms. The van der Waals surface area contributed by atoms with E-state index >= 15 is 0 Å². The van der Waals surface area contributed by atoms with Crippen LogP contribution in [0.2, 0.25) is 0 Å². The summed E-state index contributed by atoms with van der Waals surface area (Å²) in [4.78, 5) is 5.25. The Bertz CT molecular complexity index is 446. The standard InChI is InChI=1S/C12H16N3O3/c1-16-11-8-18-12(17-2)7-15(11)10-6-4-3-5-9(10)14-13/h3-6,11-12H,7-8H2,1-2H3/q+1. The maximum Gasteiger partial charge on any atom is 0.408 e. The van der Waals surface area contributed by atoms with Gasteiger partial charge in [-0.3, -0.25) is 0 Å². The summed E-state index contributed by atoms with van der Waals surface area (Å²) in [5.41, 5.74) is 1.29. The third-order valence-corrected chi connectivity index (χ3v) is 2.95. The van der Waals surface area contributed by atoms with Gasteiger partial charge in [0.1, 0.15) is 5.69 Å². The van der Waals surface area contributed by atoms with Crippen molar-refractivity contribution in [3.05, 3.63) is 29.2 Å². The normalized spacial score (nSPS) is 23.7. The van der Waals surface area contributed by atoms with Crippen LogP contribution in [-0.2, 0) is 14.2 Å². The third-order valence-electron chi connectivity index (χ3n) is 2.95. The van der Waals surface area contributed by atoms with E-state index in [1.165, 1.54) is 0 Å². The molecule has 0 amide bonds. The highest BCUT2D eigenvalue weighted by Gasteiger charge is 2.32. The van der Waals surface area contributed by atoms with Crippen molar-refractivity contribution >= 4 is 11.4 Å². The highest BCUT2D eigenvalue weighted by molar-refractivity contribution is 5.70. The van der Waals surface area contributed by atoms with E-state index in [1.807, 2.05) is 23.1 Å². The molecule has 6 heteroatoms. The van der Waals surface area contributed by atoms with Gasteiger partial charge >= 0.3 is 5.69 Å². The zero-order valence-electron chi connectivity index (χ0n) is 10.4. The SMILES string of the molecule is COC1CN(c2ccccc2[N+]#N)C(OC)CO1. The van der Waals surface area contributed by atoms with Gasteiger partial charge in [0.2, 0.25) is 5.39 Å². The minimum Gasteiger partial charge on any atom is -0.359 e. The summed E-state index contributed by atoms with van der Waals surface area (Å²) in [6.45, 7) is 0.913. The molecule has 0 N–H and O–H groups in total. The Morgan fingerprint density at radius 3 is 2.78 bits per heavy atom. The molecule has 18 heavy (non-hydrogen) atoms. The van der Waals surface area contributed by atoms with Crippen LogP contribution in [-0.4, -0.2) is 39.9 Å². The molecule has 1 aliphatic heterocycles. The number of hydrogen-bond acceptors (Lipinski definition) is 5. The number of nitrogens with zero attached hydrogens (tertiary/aromatic N) is 3. The molecule has 0 aromatic heterocycles. The van der Waals surface area contributed by atoms with Crippen molar-refractivity contribution in [2.45, 2.75) is 12.5 Å². The Balaban J connectivity index is 2.30. The first-order chi connectivity index (χ1) is 8.80. The zero-order chi connectivity index (χ0) is 13.0. The summed E-state index contributed by atoms with van der Waals surface area (Å²) in [7, 11) is 3.21. The van der Waals surface area contributed by atoms with Gasteiger partial charge in [-0.15, -0.1) is 0 Å². The topological polar surface area (TPSA) is 59.1 Å². The third kappa shape index (κ3) is 2.43. The van der Waals surface area contributed by atoms with Gasteiger partial charge in [0.25, 0.3) is 0 Å². The largest absolute Gasteiger partial charge is 0.408 e. The number of ether oxygens (including phenoxy) is 3. The summed E-state index contributed by atoms with van der Waals surface area (Å²) >= 11 is 0. The second-order valence-corrected chi connectivity index (χ2v) is 3.93. The van der Waals surface area contributed by atoms with E-state index in [2.05, 4.69) is 4.98 Å². The molecule has 1 aromatic rings. The van der Waals surface area contributed by atoms with Gasteiger partial charge in [-0.2, -0.15) is 0 Å². The zero-order valence-corrected chi connectivity index (χ0v) is 10.4. The van der Waals surface area contributed by atoms with Gasteiger partial charge in [0.15, 0.2) is 17.5 Å². The Labute approximate surface area is 106 Å². The predicted molar refractivity (Wildman–Crippen MR) is 66.1 cm³/mol. The average molecular weight is 250 g/mol. The lowest BCUT2D eigenvalue weighted by Crippen LogP contribution is -2.51. The molecule has 0 radical (unpaired) electrons. The van der Waals surface area contributed by atoms with Gasteiger partial charge in [-0.25, -0.2) is 0 Å². The highest BCUT2D eigenvalue weighted by Crippen LogP contribution is 2.31. The van der Waals surface area contributed by atoms with E-state index in [9.17, 15) is 0 Å². The number of benzene rings is 1. The van der Waals surface area contributed by atoms with Crippen molar-refractivity contribution < 1.29 is 14.2 Å². The van der Waals surface area contributed by atoms with Crippen LogP contribution >= 0.6 is 0 Å². The molecule has 1 saturated heterocycles. The first kappa shape index (κ1) is 12.8. The van der Waals surface area contributed by atoms with Gasteiger partial charge in [0.05, 0.1) is 13.2 Å². The minimum atomic E-state index is -0.317. The lowest BCUT2D eigenvalue weighted by Gasteiger charge is -2.38. The van der Waals surface area contributed by atoms with Crippen molar-refractivity contribution in [2.75, 3.05) is 32.3 Å². The quantitative estimate of drug-likeness (QED) is 0.767. The lowest BCUT2D eigenvalue weighted by molar-refractivity contribution is -0.164. The van der Waals surface area contributed by atoms with Crippen molar-refractivity contribution in [1.82, 2.24) is 0 Å². The van der Waals surface area contributed by atoms with Crippen LogP contribution in [0.4, 0.5) is 11.4 Å². The summed E-state index contributed by atoms with van der Waals surface area (Å²) in [5, 5.41) is 9.03. The van der Waals surface area contributed by atoms with Crippen LogP contribution in [0, 0.1) is 5.39 Å². The van der Waals surface area contributed by atoms with Crippen LogP contribution in [0.3, 0.4) is 0 Å². The molecule has 96 valence electrons. The first-order valence-corrected chi connectivity index (χ1v) is 5.68. The van der Waals surface area contributed by atoms with Gasteiger partial charge in [-0.1, -0.05) is 12.1 Å². The number of para-hydroxylation sites is 1. The second-order valence-electron chi connectivity index (χ2n) is 3.93. The first-order valence-electron chi connectivity index (χ1n) is 5.68. The molecule has 1 fully saturated rings. The Morgan fingerprint density at radius 2 is 2.11 bits per heavy atom. The number of hydrogen-bond donors (Lipinski definition) is 0. The molecule has 1 aromatic carbocycles. The van der Waals surface area contributed by atoms with Crippen molar-refractivity contribution in [2.24, 2.45) is 0 Å². The summed E-state index contributed by atoms with van der Waals surface area (Å²) < 4.78 is 16.0. The number of morpholine rings is 1. The molecule has 0 aliphatic carbocycles. The summed E-state index contributed by atoms with van der Waals surface area (Å²) in [6.07, 6.45) is -0.539. The molecule has 2 rings (SSSR count). The molecule has 1 aliphatic rings. The van der Waals surface area contributed by atoms with Gasteiger partial charge < -0.3 is 19.1 Å². The second kappa shape index (κ2) is 5.78. The van der Waals surface area contributed by atoms with Gasteiger partial charge in [0, 0.05) is 20.3 Å². The number of methoxy groups -OCH3 is 2. The fraction of sp³-hybridized carbons (Fsp3) is 0.500. The van der Waals surface area contributed by atoms with E-state index in [0.29, 0.717) is 18.8 Å². The number of anilines is 1. The lowest BCUT2D eigenvalue weighted by atomic mass is 10.2. The van der Waals surface area contributed by atoms with Crippen LogP contribution in [0.5, 0.6) is 0 Å². The van der Waals surface area contributed by atoms with E-state index in [4.69, 9.17) is 19.6 Å². The van der Waals surface area contributed by atoms with Crippen LogP contribution in [0.25, 0.3) is 4.98 Å². The molecule has 0 bridgehead atoms. The van der Waals surface area contributed by atoms with E-state index in [-0.39, 0.29) is 12.5 Å². The fourth-order valence-corrected chi connectivity index (χ4v) is 1.99. The molecule has 1 heterocycles. The maximum absolute atomic E-state index is 9.03. The van der Waals surface area contributed by atoms with Crippen molar-refractivity contribution in [1.29, 1.82) is 5.39 Å². The smallest absolute Gasteiger partial charge is 0.359 e. The van der Waals surface area contributed by atoms with Crippen LogP contribution in [0.1, 0.15) is 0 Å². The van der Waals surface area contributed by atoms with Crippen molar-refractivity contribution in [3.8, 4) is 0 Å². The highest BCUT2D eigenvalue weighted by atomic mass is 16.7. The molecule has 2 unspecified atom stereocenters. The Hall–Kier alpha value is -1.68.